The maximum atomic E-state index is 12.2. The Labute approximate surface area is 130 Å². The van der Waals surface area contributed by atoms with E-state index in [0.717, 1.165) is 25.2 Å². The first kappa shape index (κ1) is 13.8. The molecule has 0 atom stereocenters. The van der Waals surface area contributed by atoms with Gasteiger partial charge in [0.2, 0.25) is 0 Å². The standard InChI is InChI=1S/C13H11Cl2N3OS/c14-7-1-2-9(15)8(5-7)12(19)18-13-17-10-3-4-16-6-11(10)20-13/h1-2,5,16H,3-4,6H2,(H,17,18,19). The maximum Gasteiger partial charge on any atom is 0.259 e. The minimum atomic E-state index is -0.295. The molecule has 3 rings (SSSR count). The van der Waals surface area contributed by atoms with E-state index in [4.69, 9.17) is 23.2 Å². The lowest BCUT2D eigenvalue weighted by molar-refractivity contribution is 0.102. The second-order valence-corrected chi connectivity index (χ2v) is 6.32. The number of benzene rings is 1. The third-order valence-electron chi connectivity index (χ3n) is 3.00. The van der Waals surface area contributed by atoms with Gasteiger partial charge in [-0.3, -0.25) is 10.1 Å². The van der Waals surface area contributed by atoms with Gasteiger partial charge in [0, 0.05) is 29.4 Å². The number of hydrogen-bond donors (Lipinski definition) is 2. The van der Waals surface area contributed by atoms with Gasteiger partial charge in [-0.25, -0.2) is 4.98 Å². The van der Waals surface area contributed by atoms with Gasteiger partial charge in [-0.05, 0) is 18.2 Å². The van der Waals surface area contributed by atoms with Crippen LogP contribution in [0.25, 0.3) is 0 Å². The van der Waals surface area contributed by atoms with Crippen LogP contribution in [-0.4, -0.2) is 17.4 Å². The molecule has 20 heavy (non-hydrogen) atoms. The molecule has 2 N–H and O–H groups in total. The number of nitrogens with zero attached hydrogens (tertiary/aromatic N) is 1. The van der Waals surface area contributed by atoms with Gasteiger partial charge in [0.15, 0.2) is 5.13 Å². The van der Waals surface area contributed by atoms with Crippen LogP contribution in [0.2, 0.25) is 10.0 Å². The highest BCUT2D eigenvalue weighted by molar-refractivity contribution is 7.15. The summed E-state index contributed by atoms with van der Waals surface area (Å²) in [5.41, 5.74) is 1.41. The summed E-state index contributed by atoms with van der Waals surface area (Å²) in [6, 6.07) is 4.80. The molecule has 4 nitrogen and oxygen atoms in total. The van der Waals surface area contributed by atoms with Crippen molar-refractivity contribution in [2.24, 2.45) is 0 Å². The fourth-order valence-electron chi connectivity index (χ4n) is 2.01. The lowest BCUT2D eigenvalue weighted by Gasteiger charge is -2.09. The number of carbonyl (C=O) groups is 1. The second kappa shape index (κ2) is 5.69. The summed E-state index contributed by atoms with van der Waals surface area (Å²) in [7, 11) is 0. The molecular formula is C13H11Cl2N3OS. The summed E-state index contributed by atoms with van der Waals surface area (Å²) < 4.78 is 0. The van der Waals surface area contributed by atoms with Gasteiger partial charge < -0.3 is 5.32 Å². The van der Waals surface area contributed by atoms with E-state index in [0.29, 0.717) is 20.7 Å². The van der Waals surface area contributed by atoms with Crippen LogP contribution >= 0.6 is 34.5 Å². The van der Waals surface area contributed by atoms with E-state index < -0.39 is 0 Å². The summed E-state index contributed by atoms with van der Waals surface area (Å²) in [6.07, 6.45) is 0.889. The number of rotatable bonds is 2. The summed E-state index contributed by atoms with van der Waals surface area (Å²) in [5, 5.41) is 7.50. The smallest absolute Gasteiger partial charge is 0.259 e. The van der Waals surface area contributed by atoms with Crippen molar-refractivity contribution in [1.82, 2.24) is 10.3 Å². The number of fused-ring (bicyclic) bond motifs is 1. The number of nitrogens with one attached hydrogen (secondary N) is 2. The van der Waals surface area contributed by atoms with E-state index in [-0.39, 0.29) is 5.91 Å². The van der Waals surface area contributed by atoms with E-state index in [1.54, 1.807) is 18.2 Å². The predicted molar refractivity (Wildman–Crippen MR) is 81.9 cm³/mol. The van der Waals surface area contributed by atoms with Crippen molar-refractivity contribution in [3.63, 3.8) is 0 Å². The molecular weight excluding hydrogens is 317 g/mol. The summed E-state index contributed by atoms with van der Waals surface area (Å²) in [6.45, 7) is 1.73. The van der Waals surface area contributed by atoms with Crippen LogP contribution in [0.1, 0.15) is 20.9 Å². The number of aromatic nitrogens is 1. The Morgan fingerprint density at radius 1 is 1.40 bits per heavy atom. The average molecular weight is 328 g/mol. The Hall–Kier alpha value is -1.14. The van der Waals surface area contributed by atoms with Crippen molar-refractivity contribution in [2.45, 2.75) is 13.0 Å². The third-order valence-corrected chi connectivity index (χ3v) is 4.57. The van der Waals surface area contributed by atoms with Gasteiger partial charge in [0.1, 0.15) is 0 Å². The molecule has 0 unspecified atom stereocenters. The van der Waals surface area contributed by atoms with Crippen LogP contribution in [0.3, 0.4) is 0 Å². The first-order valence-electron chi connectivity index (χ1n) is 6.09. The number of thiazole rings is 1. The molecule has 0 saturated heterocycles. The van der Waals surface area contributed by atoms with Gasteiger partial charge in [0.25, 0.3) is 5.91 Å². The van der Waals surface area contributed by atoms with Gasteiger partial charge in [-0.2, -0.15) is 0 Å². The molecule has 1 aromatic carbocycles. The van der Waals surface area contributed by atoms with Crippen molar-refractivity contribution in [1.29, 1.82) is 0 Å². The lowest BCUT2D eigenvalue weighted by atomic mass is 10.2. The van der Waals surface area contributed by atoms with Crippen molar-refractivity contribution in [3.05, 3.63) is 44.4 Å². The molecule has 0 spiro atoms. The molecule has 0 fully saturated rings. The number of carbonyl (C=O) groups excluding carboxylic acids is 1. The highest BCUT2D eigenvalue weighted by Crippen LogP contribution is 2.27. The van der Waals surface area contributed by atoms with Gasteiger partial charge >= 0.3 is 0 Å². The van der Waals surface area contributed by atoms with Crippen LogP contribution in [-0.2, 0) is 13.0 Å². The van der Waals surface area contributed by atoms with Gasteiger partial charge in [0.05, 0.1) is 16.3 Å². The SMILES string of the molecule is O=C(Nc1nc2c(s1)CNCC2)c1cc(Cl)ccc1Cl. The second-order valence-electron chi connectivity index (χ2n) is 4.39. The molecule has 1 aliphatic heterocycles. The number of halogens is 2. The molecule has 7 heteroatoms. The first-order chi connectivity index (χ1) is 9.63. The summed E-state index contributed by atoms with van der Waals surface area (Å²) >= 11 is 13.4. The van der Waals surface area contributed by atoms with Crippen LogP contribution in [0.5, 0.6) is 0 Å². The van der Waals surface area contributed by atoms with Crippen molar-refractivity contribution >= 4 is 45.6 Å². The van der Waals surface area contributed by atoms with Crippen LogP contribution in [0.4, 0.5) is 5.13 Å². The molecule has 0 saturated carbocycles. The quantitative estimate of drug-likeness (QED) is 0.889. The van der Waals surface area contributed by atoms with Crippen LogP contribution in [0, 0.1) is 0 Å². The summed E-state index contributed by atoms with van der Waals surface area (Å²) in [4.78, 5) is 17.8. The van der Waals surface area contributed by atoms with Crippen molar-refractivity contribution < 1.29 is 4.79 Å². The molecule has 1 aromatic heterocycles. The highest BCUT2D eigenvalue weighted by Gasteiger charge is 2.17. The topological polar surface area (TPSA) is 54.0 Å². The minimum absolute atomic E-state index is 0.295. The number of amides is 1. The first-order valence-corrected chi connectivity index (χ1v) is 7.66. The Balaban J connectivity index is 1.82. The average Bonchev–Trinajstić information content (AvgIpc) is 2.83. The molecule has 0 aliphatic carbocycles. The fourth-order valence-corrected chi connectivity index (χ4v) is 3.36. The molecule has 0 radical (unpaired) electrons. The molecule has 2 heterocycles. The molecule has 1 aliphatic rings. The minimum Gasteiger partial charge on any atom is -0.311 e. The van der Waals surface area contributed by atoms with E-state index in [9.17, 15) is 4.79 Å². The number of anilines is 1. The van der Waals surface area contributed by atoms with Crippen molar-refractivity contribution in [2.75, 3.05) is 11.9 Å². The molecule has 2 aromatic rings. The zero-order valence-electron chi connectivity index (χ0n) is 10.4. The van der Waals surface area contributed by atoms with Crippen LogP contribution in [0.15, 0.2) is 18.2 Å². The maximum absolute atomic E-state index is 12.2. The lowest BCUT2D eigenvalue weighted by Crippen LogP contribution is -2.22. The highest BCUT2D eigenvalue weighted by atomic mass is 35.5. The largest absolute Gasteiger partial charge is 0.311 e. The predicted octanol–water partition coefficient (Wildman–Crippen LogP) is 3.35. The Kier molecular flexibility index (Phi) is 3.94. The van der Waals surface area contributed by atoms with E-state index in [1.165, 1.54) is 16.2 Å². The summed E-state index contributed by atoms with van der Waals surface area (Å²) in [5.74, 6) is -0.295. The normalized spacial score (nSPS) is 13.9. The Morgan fingerprint density at radius 3 is 3.05 bits per heavy atom. The molecule has 0 bridgehead atoms. The van der Waals surface area contributed by atoms with E-state index >= 15 is 0 Å². The van der Waals surface area contributed by atoms with Crippen LogP contribution < -0.4 is 10.6 Å². The zero-order valence-corrected chi connectivity index (χ0v) is 12.7. The van der Waals surface area contributed by atoms with Gasteiger partial charge in [-0.15, -0.1) is 11.3 Å². The number of hydrogen-bond acceptors (Lipinski definition) is 4. The molecule has 1 amide bonds. The van der Waals surface area contributed by atoms with Crippen molar-refractivity contribution in [3.8, 4) is 0 Å². The molecule has 104 valence electrons. The monoisotopic (exact) mass is 327 g/mol. The fraction of sp³-hybridized carbons (Fsp3) is 0.231. The van der Waals surface area contributed by atoms with Gasteiger partial charge in [-0.1, -0.05) is 23.2 Å². The van der Waals surface area contributed by atoms with E-state index in [2.05, 4.69) is 15.6 Å². The Morgan fingerprint density at radius 2 is 2.25 bits per heavy atom. The zero-order chi connectivity index (χ0) is 14.1. The Bertz CT molecular complexity index is 648. The van der Waals surface area contributed by atoms with E-state index in [1.807, 2.05) is 0 Å². The third kappa shape index (κ3) is 2.81.